The molecule has 1 heterocycles. The Kier molecular flexibility index (Phi) is 5.53. The van der Waals surface area contributed by atoms with Gasteiger partial charge in [-0.2, -0.15) is 0 Å². The minimum Gasteiger partial charge on any atom is -0.506 e. The van der Waals surface area contributed by atoms with Crippen LogP contribution in [0.3, 0.4) is 0 Å². The topological polar surface area (TPSA) is 48.2 Å². The van der Waals surface area contributed by atoms with Gasteiger partial charge in [-0.25, -0.2) is 0 Å². The number of hydrogen-bond donors (Lipinski definition) is 2. The minimum atomic E-state index is 0.208. The number of aromatic hydroxyl groups is 1. The van der Waals surface area contributed by atoms with E-state index in [1.807, 2.05) is 30.1 Å². The van der Waals surface area contributed by atoms with Crippen LogP contribution in [0.5, 0.6) is 5.75 Å². The molecule has 2 aliphatic rings. The van der Waals surface area contributed by atoms with E-state index >= 15 is 0 Å². The zero-order chi connectivity index (χ0) is 19.5. The summed E-state index contributed by atoms with van der Waals surface area (Å²) in [6.45, 7) is 4.08. The molecule has 4 rings (SSSR count). The first-order valence-corrected chi connectivity index (χ1v) is 10.3. The summed E-state index contributed by atoms with van der Waals surface area (Å²) in [7, 11) is 1.97. The SMILES string of the molecule is CN(C(=O)C[NH+]1CCN(c2ccccc2O)CC1)[C@@H]1CCCc2ccccc21. The molecule has 0 saturated carbocycles. The van der Waals surface area contributed by atoms with E-state index in [1.54, 1.807) is 6.07 Å². The fourth-order valence-electron chi connectivity index (χ4n) is 4.62. The highest BCUT2D eigenvalue weighted by atomic mass is 16.3. The molecule has 2 aromatic carbocycles. The first-order valence-electron chi connectivity index (χ1n) is 10.3. The standard InChI is InChI=1S/C23H29N3O2/c1-24(20-11-6-8-18-7-2-3-9-19(18)20)23(28)17-25-13-15-26(16-14-25)21-10-4-5-12-22(21)27/h2-5,7,9-10,12,20,27H,6,8,11,13-17H2,1H3/p+1/t20-/m1/s1. The van der Waals surface area contributed by atoms with Gasteiger partial charge in [-0.3, -0.25) is 4.79 Å². The van der Waals surface area contributed by atoms with Crippen LogP contribution in [-0.4, -0.2) is 55.7 Å². The molecular formula is C23H30N3O2+. The second kappa shape index (κ2) is 8.23. The number of nitrogens with zero attached hydrogens (tertiary/aromatic N) is 2. The summed E-state index contributed by atoms with van der Waals surface area (Å²) in [6, 6.07) is 16.3. The lowest BCUT2D eigenvalue weighted by Crippen LogP contribution is -3.15. The number of rotatable bonds is 4. The number of aryl methyl sites for hydroxylation is 1. The lowest BCUT2D eigenvalue weighted by Gasteiger charge is -2.36. The quantitative estimate of drug-likeness (QED) is 0.848. The summed E-state index contributed by atoms with van der Waals surface area (Å²) in [4.78, 5) is 18.5. The summed E-state index contributed by atoms with van der Waals surface area (Å²) < 4.78 is 0. The Labute approximate surface area is 167 Å². The van der Waals surface area contributed by atoms with E-state index in [9.17, 15) is 9.90 Å². The minimum absolute atomic E-state index is 0.208. The van der Waals surface area contributed by atoms with E-state index in [4.69, 9.17) is 0 Å². The summed E-state index contributed by atoms with van der Waals surface area (Å²) >= 11 is 0. The Morgan fingerprint density at radius 2 is 1.86 bits per heavy atom. The molecule has 5 nitrogen and oxygen atoms in total. The summed E-state index contributed by atoms with van der Waals surface area (Å²) in [6.07, 6.45) is 3.31. The number of hydrogen-bond acceptors (Lipinski definition) is 3. The normalized spacial score (nSPS) is 19.9. The van der Waals surface area contributed by atoms with Crippen molar-refractivity contribution >= 4 is 11.6 Å². The van der Waals surface area contributed by atoms with Crippen LogP contribution >= 0.6 is 0 Å². The van der Waals surface area contributed by atoms with E-state index in [2.05, 4.69) is 29.2 Å². The van der Waals surface area contributed by atoms with Gasteiger partial charge >= 0.3 is 0 Å². The summed E-state index contributed by atoms with van der Waals surface area (Å²) in [5.74, 6) is 0.561. The molecule has 148 valence electrons. The lowest BCUT2D eigenvalue weighted by atomic mass is 9.87. The van der Waals surface area contributed by atoms with Crippen LogP contribution in [-0.2, 0) is 11.2 Å². The third-order valence-electron chi connectivity index (χ3n) is 6.29. The Balaban J connectivity index is 1.34. The van der Waals surface area contributed by atoms with E-state index in [0.717, 1.165) is 51.1 Å². The van der Waals surface area contributed by atoms with Gasteiger partial charge in [0.05, 0.1) is 37.9 Å². The van der Waals surface area contributed by atoms with Crippen LogP contribution in [0.15, 0.2) is 48.5 Å². The van der Waals surface area contributed by atoms with Crippen molar-refractivity contribution in [2.24, 2.45) is 0 Å². The molecule has 1 atom stereocenters. The van der Waals surface area contributed by atoms with Crippen LogP contribution in [0.25, 0.3) is 0 Å². The highest BCUT2D eigenvalue weighted by Gasteiger charge is 2.30. The van der Waals surface area contributed by atoms with Gasteiger partial charge in [0.15, 0.2) is 6.54 Å². The van der Waals surface area contributed by atoms with Gasteiger partial charge in [0.2, 0.25) is 0 Å². The van der Waals surface area contributed by atoms with E-state index in [0.29, 0.717) is 12.3 Å². The van der Waals surface area contributed by atoms with Gasteiger partial charge < -0.3 is 19.8 Å². The molecule has 28 heavy (non-hydrogen) atoms. The predicted molar refractivity (Wildman–Crippen MR) is 111 cm³/mol. The number of quaternary nitrogens is 1. The van der Waals surface area contributed by atoms with Crippen molar-refractivity contribution in [3.8, 4) is 5.75 Å². The number of nitrogens with one attached hydrogen (secondary N) is 1. The van der Waals surface area contributed by atoms with Gasteiger partial charge in [-0.1, -0.05) is 36.4 Å². The highest BCUT2D eigenvalue weighted by molar-refractivity contribution is 5.77. The van der Waals surface area contributed by atoms with E-state index in [1.165, 1.54) is 16.0 Å². The van der Waals surface area contributed by atoms with Crippen molar-refractivity contribution in [1.82, 2.24) is 4.90 Å². The van der Waals surface area contributed by atoms with Crippen molar-refractivity contribution in [1.29, 1.82) is 0 Å². The summed E-state index contributed by atoms with van der Waals surface area (Å²) in [5, 5.41) is 10.1. The molecule has 2 N–H and O–H groups in total. The smallest absolute Gasteiger partial charge is 0.278 e. The number of phenolic OH excluding ortho intramolecular Hbond substituents is 1. The molecule has 1 fully saturated rings. The Morgan fingerprint density at radius 3 is 2.64 bits per heavy atom. The Bertz CT molecular complexity index is 830. The van der Waals surface area contributed by atoms with Crippen LogP contribution in [0.2, 0.25) is 0 Å². The van der Waals surface area contributed by atoms with Crippen LogP contribution in [0, 0.1) is 0 Å². The molecule has 0 radical (unpaired) electrons. The maximum Gasteiger partial charge on any atom is 0.278 e. The molecular weight excluding hydrogens is 350 g/mol. The number of amides is 1. The van der Waals surface area contributed by atoms with Crippen LogP contribution in [0.4, 0.5) is 5.69 Å². The van der Waals surface area contributed by atoms with Crippen molar-refractivity contribution in [3.05, 3.63) is 59.7 Å². The Hall–Kier alpha value is -2.53. The van der Waals surface area contributed by atoms with Gasteiger partial charge in [0.1, 0.15) is 5.75 Å². The van der Waals surface area contributed by atoms with E-state index in [-0.39, 0.29) is 11.9 Å². The number of fused-ring (bicyclic) bond motifs is 1. The number of phenols is 1. The first kappa shape index (κ1) is 18.8. The molecule has 1 amide bonds. The zero-order valence-electron chi connectivity index (χ0n) is 16.6. The Morgan fingerprint density at radius 1 is 1.14 bits per heavy atom. The van der Waals surface area contributed by atoms with Crippen molar-refractivity contribution in [2.45, 2.75) is 25.3 Å². The van der Waals surface area contributed by atoms with E-state index < -0.39 is 0 Å². The lowest BCUT2D eigenvalue weighted by molar-refractivity contribution is -0.892. The second-order valence-corrected chi connectivity index (χ2v) is 8.01. The molecule has 1 aliphatic heterocycles. The first-order chi connectivity index (χ1) is 13.6. The van der Waals surface area contributed by atoms with Gasteiger partial charge in [0.25, 0.3) is 5.91 Å². The molecule has 0 bridgehead atoms. The average molecular weight is 381 g/mol. The molecule has 0 unspecified atom stereocenters. The van der Waals surface area contributed by atoms with Gasteiger partial charge in [-0.05, 0) is 42.5 Å². The molecule has 5 heteroatoms. The third kappa shape index (κ3) is 3.85. The average Bonchev–Trinajstić information content (AvgIpc) is 2.74. The van der Waals surface area contributed by atoms with Crippen molar-refractivity contribution in [3.63, 3.8) is 0 Å². The van der Waals surface area contributed by atoms with Crippen LogP contribution < -0.4 is 9.80 Å². The number of anilines is 1. The molecule has 1 aliphatic carbocycles. The second-order valence-electron chi connectivity index (χ2n) is 8.01. The number of likely N-dealkylation sites (N-methyl/N-ethyl adjacent to an activating group) is 1. The predicted octanol–water partition coefficient (Wildman–Crippen LogP) is 1.63. The molecule has 1 saturated heterocycles. The number of para-hydroxylation sites is 2. The fourth-order valence-corrected chi connectivity index (χ4v) is 4.62. The zero-order valence-corrected chi connectivity index (χ0v) is 16.6. The number of carbonyl (C=O) groups excluding carboxylic acids is 1. The molecule has 0 aromatic heterocycles. The number of benzene rings is 2. The third-order valence-corrected chi connectivity index (χ3v) is 6.29. The monoisotopic (exact) mass is 380 g/mol. The molecule has 0 spiro atoms. The van der Waals surface area contributed by atoms with Crippen molar-refractivity contribution < 1.29 is 14.8 Å². The van der Waals surface area contributed by atoms with Crippen LogP contribution in [0.1, 0.15) is 30.0 Å². The maximum absolute atomic E-state index is 13.0. The summed E-state index contributed by atoms with van der Waals surface area (Å²) in [5.41, 5.74) is 3.61. The fraction of sp³-hybridized carbons (Fsp3) is 0.435. The van der Waals surface area contributed by atoms with Gasteiger partial charge in [-0.15, -0.1) is 0 Å². The highest BCUT2D eigenvalue weighted by Crippen LogP contribution is 2.33. The molecule has 2 aromatic rings. The number of piperazine rings is 1. The maximum atomic E-state index is 13.0. The largest absolute Gasteiger partial charge is 0.506 e. The van der Waals surface area contributed by atoms with Gasteiger partial charge in [0, 0.05) is 7.05 Å². The van der Waals surface area contributed by atoms with Crippen molar-refractivity contribution in [2.75, 3.05) is 44.7 Å². The number of carbonyl (C=O) groups is 1.